The van der Waals surface area contributed by atoms with Crippen molar-refractivity contribution in [2.45, 2.75) is 37.5 Å². The molecule has 0 bridgehead atoms. The van der Waals surface area contributed by atoms with Crippen molar-refractivity contribution in [3.8, 4) is 0 Å². The average molecular weight is 336 g/mol. The zero-order valence-corrected chi connectivity index (χ0v) is 14.0. The van der Waals surface area contributed by atoms with Gasteiger partial charge in [-0.3, -0.25) is 14.7 Å². The Kier molecular flexibility index (Phi) is 3.04. The van der Waals surface area contributed by atoms with Crippen LogP contribution in [0.3, 0.4) is 0 Å². The second kappa shape index (κ2) is 5.18. The van der Waals surface area contributed by atoms with E-state index in [1.165, 1.54) is 0 Å². The van der Waals surface area contributed by atoms with Crippen LogP contribution in [0.15, 0.2) is 24.3 Å². The molecule has 3 heterocycles. The van der Waals surface area contributed by atoms with Crippen LogP contribution in [0.1, 0.15) is 46.6 Å². The van der Waals surface area contributed by atoms with E-state index in [0.717, 1.165) is 54.6 Å². The molecule has 25 heavy (non-hydrogen) atoms. The fourth-order valence-electron chi connectivity index (χ4n) is 4.65. The van der Waals surface area contributed by atoms with Crippen LogP contribution in [0.5, 0.6) is 0 Å². The second-order valence-corrected chi connectivity index (χ2v) is 7.29. The number of rotatable bonds is 1. The number of amides is 2. The number of fused-ring (bicyclic) bond motifs is 3. The largest absolute Gasteiger partial charge is 0.336 e. The fourth-order valence-corrected chi connectivity index (χ4v) is 4.65. The van der Waals surface area contributed by atoms with E-state index in [9.17, 15) is 9.59 Å². The minimum atomic E-state index is -0.621. The molecule has 2 N–H and O–H groups in total. The van der Waals surface area contributed by atoms with E-state index in [-0.39, 0.29) is 11.8 Å². The first-order valence-corrected chi connectivity index (χ1v) is 8.95. The van der Waals surface area contributed by atoms with Crippen LogP contribution >= 0.6 is 0 Å². The number of carbonyl (C=O) groups excluding carboxylic acids is 2. The van der Waals surface area contributed by atoms with E-state index in [4.69, 9.17) is 0 Å². The van der Waals surface area contributed by atoms with Gasteiger partial charge in [-0.25, -0.2) is 0 Å². The first-order chi connectivity index (χ1) is 12.2. The number of para-hydroxylation sites is 1. The molecule has 2 aromatic rings. The summed E-state index contributed by atoms with van der Waals surface area (Å²) >= 11 is 0. The van der Waals surface area contributed by atoms with Crippen molar-refractivity contribution < 1.29 is 9.59 Å². The van der Waals surface area contributed by atoms with Crippen molar-refractivity contribution in [3.63, 3.8) is 0 Å². The van der Waals surface area contributed by atoms with E-state index in [0.29, 0.717) is 18.8 Å². The highest BCUT2D eigenvalue weighted by atomic mass is 16.2. The maximum atomic E-state index is 13.1. The summed E-state index contributed by atoms with van der Waals surface area (Å²) in [6, 6.07) is 7.83. The fraction of sp³-hybridized carbons (Fsp3) is 0.421. The van der Waals surface area contributed by atoms with Gasteiger partial charge in [0.05, 0.1) is 5.41 Å². The van der Waals surface area contributed by atoms with Gasteiger partial charge in [-0.05, 0) is 43.7 Å². The van der Waals surface area contributed by atoms with Crippen LogP contribution in [0, 0.1) is 0 Å². The standard InChI is InChI=1S/C19H20N4O2/c24-17(16-12-5-3-8-14(12)21-22-16)23-10-4-9-19(11-23)13-6-1-2-7-15(13)20-18(19)25/h1-2,6-7H,3-5,8-11H2,(H,20,25)(H,21,22). The van der Waals surface area contributed by atoms with Crippen molar-refractivity contribution >= 4 is 17.5 Å². The summed E-state index contributed by atoms with van der Waals surface area (Å²) < 4.78 is 0. The highest BCUT2D eigenvalue weighted by Gasteiger charge is 2.50. The lowest BCUT2D eigenvalue weighted by atomic mass is 9.75. The van der Waals surface area contributed by atoms with Crippen LogP contribution in [0.2, 0.25) is 0 Å². The first-order valence-electron chi connectivity index (χ1n) is 8.95. The smallest absolute Gasteiger partial charge is 0.274 e. The van der Waals surface area contributed by atoms with Gasteiger partial charge in [0.1, 0.15) is 0 Å². The molecule has 0 saturated carbocycles. The van der Waals surface area contributed by atoms with Gasteiger partial charge in [-0.1, -0.05) is 18.2 Å². The molecule has 1 unspecified atom stereocenters. The number of hydrogen-bond donors (Lipinski definition) is 2. The SMILES string of the molecule is O=C(c1n[nH]c2c1CCC2)N1CCCC2(C1)C(=O)Nc1ccccc12. The molecule has 128 valence electrons. The van der Waals surface area contributed by atoms with Gasteiger partial charge >= 0.3 is 0 Å². The Labute approximate surface area is 145 Å². The Morgan fingerprint density at radius 1 is 1.20 bits per heavy atom. The molecule has 3 aliphatic rings. The molecule has 1 aromatic carbocycles. The van der Waals surface area contributed by atoms with Crippen molar-refractivity contribution in [3.05, 3.63) is 46.8 Å². The highest BCUT2D eigenvalue weighted by Crippen LogP contribution is 2.43. The second-order valence-electron chi connectivity index (χ2n) is 7.29. The number of hydrogen-bond acceptors (Lipinski definition) is 3. The molecule has 1 saturated heterocycles. The summed E-state index contributed by atoms with van der Waals surface area (Å²) in [5.74, 6) is -0.0332. The third-order valence-corrected chi connectivity index (χ3v) is 5.91. The summed E-state index contributed by atoms with van der Waals surface area (Å²) in [5, 5.41) is 10.3. The Hall–Kier alpha value is -2.63. The number of likely N-dealkylation sites (tertiary alicyclic amines) is 1. The summed E-state index contributed by atoms with van der Waals surface area (Å²) in [5.41, 5.74) is 3.99. The number of aryl methyl sites for hydroxylation is 1. The van der Waals surface area contributed by atoms with Crippen LogP contribution in [-0.2, 0) is 23.1 Å². The maximum absolute atomic E-state index is 13.1. The summed E-state index contributed by atoms with van der Waals surface area (Å²) in [4.78, 5) is 27.7. The number of anilines is 1. The van der Waals surface area contributed by atoms with Crippen molar-refractivity contribution in [1.82, 2.24) is 15.1 Å². The van der Waals surface area contributed by atoms with E-state index in [2.05, 4.69) is 15.5 Å². The molecule has 1 atom stereocenters. The molecular formula is C19H20N4O2. The van der Waals surface area contributed by atoms with Crippen LogP contribution in [0.25, 0.3) is 0 Å². The van der Waals surface area contributed by atoms with E-state index >= 15 is 0 Å². The van der Waals surface area contributed by atoms with Crippen molar-refractivity contribution in [2.75, 3.05) is 18.4 Å². The number of aromatic amines is 1. The predicted molar refractivity (Wildman–Crippen MR) is 92.5 cm³/mol. The Balaban J connectivity index is 1.49. The van der Waals surface area contributed by atoms with Gasteiger partial charge in [0, 0.05) is 30.0 Å². The summed E-state index contributed by atoms with van der Waals surface area (Å²) in [6.07, 6.45) is 4.55. The van der Waals surface area contributed by atoms with E-state index in [1.807, 2.05) is 29.2 Å². The minimum Gasteiger partial charge on any atom is -0.336 e. The quantitative estimate of drug-likeness (QED) is 0.836. The molecular weight excluding hydrogens is 316 g/mol. The van der Waals surface area contributed by atoms with Gasteiger partial charge in [0.25, 0.3) is 5.91 Å². The molecule has 1 aromatic heterocycles. The molecule has 0 radical (unpaired) electrons. The lowest BCUT2D eigenvalue weighted by Gasteiger charge is -2.38. The van der Waals surface area contributed by atoms with Gasteiger partial charge in [0.15, 0.2) is 5.69 Å². The lowest BCUT2D eigenvalue weighted by Crippen LogP contribution is -2.52. The number of aromatic nitrogens is 2. The first kappa shape index (κ1) is 14.7. The number of carbonyl (C=O) groups is 2. The minimum absolute atomic E-state index is 0.0125. The summed E-state index contributed by atoms with van der Waals surface area (Å²) in [6.45, 7) is 1.11. The number of nitrogens with one attached hydrogen (secondary N) is 2. The normalized spacial score (nSPS) is 24.3. The molecule has 1 spiro atoms. The monoisotopic (exact) mass is 336 g/mol. The van der Waals surface area contributed by atoms with E-state index in [1.54, 1.807) is 0 Å². The zero-order valence-electron chi connectivity index (χ0n) is 14.0. The number of H-pyrrole nitrogens is 1. The molecule has 5 rings (SSSR count). The van der Waals surface area contributed by atoms with Crippen molar-refractivity contribution in [1.29, 1.82) is 0 Å². The number of nitrogens with zero attached hydrogens (tertiary/aromatic N) is 2. The summed E-state index contributed by atoms with van der Waals surface area (Å²) in [7, 11) is 0. The third kappa shape index (κ3) is 2.00. The molecule has 1 fully saturated rings. The van der Waals surface area contributed by atoms with Gasteiger partial charge in [0.2, 0.25) is 5.91 Å². The number of piperidine rings is 1. The average Bonchev–Trinajstić information content (AvgIpc) is 3.30. The van der Waals surface area contributed by atoms with Crippen LogP contribution < -0.4 is 5.32 Å². The van der Waals surface area contributed by atoms with Gasteiger partial charge in [-0.2, -0.15) is 5.10 Å². The van der Waals surface area contributed by atoms with Crippen molar-refractivity contribution in [2.24, 2.45) is 0 Å². The van der Waals surface area contributed by atoms with Gasteiger partial charge in [-0.15, -0.1) is 0 Å². The molecule has 6 nitrogen and oxygen atoms in total. The number of benzene rings is 1. The highest BCUT2D eigenvalue weighted by molar-refractivity contribution is 6.07. The molecule has 2 aliphatic heterocycles. The predicted octanol–water partition coefficient (Wildman–Crippen LogP) is 2.02. The molecule has 2 amide bonds. The zero-order chi connectivity index (χ0) is 17.0. The third-order valence-electron chi connectivity index (χ3n) is 5.91. The lowest BCUT2D eigenvalue weighted by molar-refractivity contribution is -0.122. The Morgan fingerprint density at radius 3 is 3.00 bits per heavy atom. The molecule has 1 aliphatic carbocycles. The molecule has 6 heteroatoms. The Morgan fingerprint density at radius 2 is 2.08 bits per heavy atom. The topological polar surface area (TPSA) is 78.1 Å². The maximum Gasteiger partial charge on any atom is 0.274 e. The van der Waals surface area contributed by atoms with E-state index < -0.39 is 5.41 Å². The van der Waals surface area contributed by atoms with Crippen LogP contribution in [-0.4, -0.2) is 40.0 Å². The Bertz CT molecular complexity index is 887. The van der Waals surface area contributed by atoms with Gasteiger partial charge < -0.3 is 10.2 Å². The van der Waals surface area contributed by atoms with Crippen LogP contribution in [0.4, 0.5) is 5.69 Å².